The third kappa shape index (κ3) is 3.77. The number of nitrogens with one attached hydrogen (secondary N) is 1. The van der Waals surface area contributed by atoms with Gasteiger partial charge in [-0.05, 0) is 48.1 Å². The Bertz CT molecular complexity index is 1190. The number of fused-ring (bicyclic) bond motifs is 3. The first-order chi connectivity index (χ1) is 14.1. The van der Waals surface area contributed by atoms with Crippen molar-refractivity contribution < 1.29 is 4.79 Å². The number of hydrogen-bond donors (Lipinski definition) is 1. The topological polar surface area (TPSA) is 34.0 Å². The van der Waals surface area contributed by atoms with Gasteiger partial charge in [-0.1, -0.05) is 49.7 Å². The minimum absolute atomic E-state index is 0.0482. The van der Waals surface area contributed by atoms with Gasteiger partial charge in [0.05, 0.1) is 5.52 Å². The van der Waals surface area contributed by atoms with Crippen molar-refractivity contribution in [3.05, 3.63) is 71.8 Å². The van der Waals surface area contributed by atoms with E-state index in [4.69, 9.17) is 0 Å². The Kier molecular flexibility index (Phi) is 5.63. The molecule has 0 aliphatic carbocycles. The number of thioether (sulfide) groups is 1. The smallest absolute Gasteiger partial charge is 0.221 e. The van der Waals surface area contributed by atoms with Gasteiger partial charge in [0.2, 0.25) is 5.91 Å². The Balaban J connectivity index is 1.94. The van der Waals surface area contributed by atoms with Crippen LogP contribution in [0.15, 0.2) is 65.6 Å². The van der Waals surface area contributed by atoms with Gasteiger partial charge in [-0.2, -0.15) is 0 Å². The summed E-state index contributed by atoms with van der Waals surface area (Å²) in [6.45, 7) is 4.54. The monoisotopic (exact) mass is 402 g/mol. The van der Waals surface area contributed by atoms with Gasteiger partial charge in [-0.25, -0.2) is 0 Å². The summed E-state index contributed by atoms with van der Waals surface area (Å²) < 4.78 is 2.43. The molecule has 1 aromatic heterocycles. The number of anilines is 1. The van der Waals surface area contributed by atoms with E-state index in [1.54, 1.807) is 18.7 Å². The van der Waals surface area contributed by atoms with Gasteiger partial charge in [0.25, 0.3) is 0 Å². The molecular formula is C25H26N2OS. The van der Waals surface area contributed by atoms with Crippen LogP contribution in [0.25, 0.3) is 21.8 Å². The number of aryl methyl sites for hydroxylation is 1. The summed E-state index contributed by atoms with van der Waals surface area (Å²) in [5, 5.41) is 5.60. The van der Waals surface area contributed by atoms with Crippen LogP contribution in [-0.2, 0) is 17.8 Å². The van der Waals surface area contributed by atoms with E-state index in [1.807, 2.05) is 12.1 Å². The molecule has 0 fully saturated rings. The first kappa shape index (κ1) is 19.6. The lowest BCUT2D eigenvalue weighted by Crippen LogP contribution is -2.06. The highest BCUT2D eigenvalue weighted by atomic mass is 32.2. The number of amides is 1. The fourth-order valence-electron chi connectivity index (χ4n) is 4.16. The van der Waals surface area contributed by atoms with Crippen molar-refractivity contribution in [1.29, 1.82) is 0 Å². The van der Waals surface area contributed by atoms with Crippen molar-refractivity contribution in [2.75, 3.05) is 11.6 Å². The van der Waals surface area contributed by atoms with Crippen molar-refractivity contribution in [3.8, 4) is 0 Å². The Morgan fingerprint density at radius 1 is 1.07 bits per heavy atom. The van der Waals surface area contributed by atoms with Crippen molar-refractivity contribution in [2.24, 2.45) is 0 Å². The highest BCUT2D eigenvalue weighted by Gasteiger charge is 2.17. The van der Waals surface area contributed by atoms with E-state index < -0.39 is 0 Å². The predicted octanol–water partition coefficient (Wildman–Crippen LogP) is 6.48. The zero-order valence-electron chi connectivity index (χ0n) is 17.2. The predicted molar refractivity (Wildman–Crippen MR) is 125 cm³/mol. The summed E-state index contributed by atoms with van der Waals surface area (Å²) in [6, 6.07) is 21.4. The molecule has 4 aromatic rings. The van der Waals surface area contributed by atoms with Crippen LogP contribution in [0.2, 0.25) is 0 Å². The van der Waals surface area contributed by atoms with Gasteiger partial charge in [0.15, 0.2) is 0 Å². The molecule has 0 saturated heterocycles. The number of carbonyl (C=O) groups excluding carboxylic acids is 1. The molecule has 1 N–H and O–H groups in total. The molecule has 0 bridgehead atoms. The Labute approximate surface area is 176 Å². The van der Waals surface area contributed by atoms with E-state index in [1.165, 1.54) is 37.8 Å². The maximum absolute atomic E-state index is 11.5. The fraction of sp³-hybridized carbons (Fsp3) is 0.240. The zero-order chi connectivity index (χ0) is 20.4. The zero-order valence-corrected chi connectivity index (χ0v) is 18.0. The second-order valence-corrected chi connectivity index (χ2v) is 8.23. The molecule has 0 spiro atoms. The number of rotatable bonds is 6. The van der Waals surface area contributed by atoms with E-state index in [0.29, 0.717) is 0 Å². The Hall–Kier alpha value is -2.72. The van der Waals surface area contributed by atoms with Crippen LogP contribution in [0.3, 0.4) is 0 Å². The lowest BCUT2D eigenvalue weighted by atomic mass is 10.0. The molecule has 29 heavy (non-hydrogen) atoms. The number of para-hydroxylation sites is 1. The van der Waals surface area contributed by atoms with E-state index in [2.05, 4.69) is 71.6 Å². The van der Waals surface area contributed by atoms with Gasteiger partial charge < -0.3 is 9.88 Å². The second kappa shape index (κ2) is 8.34. The van der Waals surface area contributed by atoms with Gasteiger partial charge in [0, 0.05) is 40.3 Å². The molecular weight excluding hydrogens is 376 g/mol. The molecule has 0 atom stereocenters. The molecule has 3 aromatic carbocycles. The van der Waals surface area contributed by atoms with Gasteiger partial charge >= 0.3 is 0 Å². The molecule has 3 nitrogen and oxygen atoms in total. The number of benzene rings is 3. The first-order valence-corrected chi connectivity index (χ1v) is 11.3. The number of nitrogens with zero attached hydrogens (tertiary/aromatic N) is 1. The molecule has 0 unspecified atom stereocenters. The average Bonchev–Trinajstić information content (AvgIpc) is 3.03. The normalized spacial score (nSPS) is 11.3. The van der Waals surface area contributed by atoms with E-state index in [0.717, 1.165) is 25.1 Å². The SMILES string of the molecule is CCCc1ccc(SC)c2c1c1ccccc1n2Cc1cccc(NC(C)=O)c1. The lowest BCUT2D eigenvalue weighted by molar-refractivity contribution is -0.114. The van der Waals surface area contributed by atoms with Crippen molar-refractivity contribution in [1.82, 2.24) is 4.57 Å². The molecule has 4 heteroatoms. The maximum Gasteiger partial charge on any atom is 0.221 e. The standard InChI is InChI=1S/C25H26N2OS/c1-4-8-19-13-14-23(29-3)25-24(19)21-11-5-6-12-22(21)27(25)16-18-9-7-10-20(15-18)26-17(2)28/h5-7,9-15H,4,8,16H2,1-3H3,(H,26,28). The van der Waals surface area contributed by atoms with Gasteiger partial charge in [-0.15, -0.1) is 11.8 Å². The fourth-order valence-corrected chi connectivity index (χ4v) is 4.77. The minimum atomic E-state index is -0.0482. The molecule has 4 rings (SSSR count). The highest BCUT2D eigenvalue weighted by molar-refractivity contribution is 7.98. The number of hydrogen-bond acceptors (Lipinski definition) is 2. The molecule has 0 saturated carbocycles. The second-order valence-electron chi connectivity index (χ2n) is 7.39. The van der Waals surface area contributed by atoms with Crippen LogP contribution >= 0.6 is 11.8 Å². The van der Waals surface area contributed by atoms with E-state index in [9.17, 15) is 4.79 Å². The molecule has 0 aliphatic heterocycles. The van der Waals surface area contributed by atoms with Crippen molar-refractivity contribution >= 4 is 45.2 Å². The van der Waals surface area contributed by atoms with Crippen LogP contribution in [-0.4, -0.2) is 16.7 Å². The third-order valence-electron chi connectivity index (χ3n) is 5.29. The van der Waals surface area contributed by atoms with Crippen LogP contribution in [0.4, 0.5) is 5.69 Å². The lowest BCUT2D eigenvalue weighted by Gasteiger charge is -2.13. The molecule has 1 heterocycles. The Morgan fingerprint density at radius 2 is 1.90 bits per heavy atom. The third-order valence-corrected chi connectivity index (χ3v) is 6.06. The summed E-state index contributed by atoms with van der Waals surface area (Å²) in [4.78, 5) is 12.8. The van der Waals surface area contributed by atoms with Crippen LogP contribution in [0, 0.1) is 0 Å². The summed E-state index contributed by atoms with van der Waals surface area (Å²) >= 11 is 1.80. The van der Waals surface area contributed by atoms with Crippen molar-refractivity contribution in [2.45, 2.75) is 38.1 Å². The van der Waals surface area contributed by atoms with Crippen LogP contribution in [0.5, 0.6) is 0 Å². The molecule has 1 amide bonds. The summed E-state index contributed by atoms with van der Waals surface area (Å²) in [5.74, 6) is -0.0482. The number of aromatic nitrogens is 1. The highest BCUT2D eigenvalue weighted by Crippen LogP contribution is 2.38. The molecule has 0 aliphatic rings. The van der Waals surface area contributed by atoms with E-state index in [-0.39, 0.29) is 5.91 Å². The quantitative estimate of drug-likeness (QED) is 0.375. The largest absolute Gasteiger partial charge is 0.335 e. The van der Waals surface area contributed by atoms with Crippen LogP contribution < -0.4 is 5.32 Å². The summed E-state index contributed by atoms with van der Waals surface area (Å²) in [6.07, 6.45) is 4.36. The van der Waals surface area contributed by atoms with Crippen LogP contribution in [0.1, 0.15) is 31.4 Å². The maximum atomic E-state index is 11.5. The van der Waals surface area contributed by atoms with Gasteiger partial charge in [-0.3, -0.25) is 4.79 Å². The van der Waals surface area contributed by atoms with Gasteiger partial charge in [0.1, 0.15) is 0 Å². The average molecular weight is 403 g/mol. The summed E-state index contributed by atoms with van der Waals surface area (Å²) in [5.41, 5.74) is 6.00. The van der Waals surface area contributed by atoms with E-state index >= 15 is 0 Å². The Morgan fingerprint density at radius 3 is 2.66 bits per heavy atom. The molecule has 0 radical (unpaired) electrons. The summed E-state index contributed by atoms with van der Waals surface area (Å²) in [7, 11) is 0. The van der Waals surface area contributed by atoms with Crippen molar-refractivity contribution in [3.63, 3.8) is 0 Å². The molecule has 148 valence electrons. The minimum Gasteiger partial charge on any atom is -0.335 e. The first-order valence-electron chi connectivity index (χ1n) is 10.1. The number of carbonyl (C=O) groups is 1.